The lowest BCUT2D eigenvalue weighted by Gasteiger charge is -2.43. The molecule has 4 nitrogen and oxygen atoms in total. The molecule has 0 saturated carbocycles. The maximum absolute atomic E-state index is 2.56. The summed E-state index contributed by atoms with van der Waals surface area (Å²) in [6, 6.07) is 0. The second-order valence-corrected chi connectivity index (χ2v) is 40.5. The van der Waals surface area contributed by atoms with Crippen LogP contribution in [0.3, 0.4) is 0 Å². The third-order valence-electron chi connectivity index (χ3n) is 36.7. The van der Waals surface area contributed by atoms with E-state index in [1.807, 2.05) is 0 Å². The Morgan fingerprint density at radius 3 is 0.582 bits per heavy atom. The Kier molecular flexibility index (Phi) is 22.3. The third kappa shape index (κ3) is 12.5. The molecule has 122 heavy (non-hydrogen) atoms. The van der Waals surface area contributed by atoms with Gasteiger partial charge >= 0.3 is 0 Å². The number of allylic oxidation sites excluding steroid dienone is 4. The van der Waals surface area contributed by atoms with E-state index in [1.54, 1.807) is 94.6 Å². The molecule has 640 valence electrons. The zero-order valence-corrected chi connectivity index (χ0v) is 84.0. The molecule has 4 heteroatoms. The van der Waals surface area contributed by atoms with E-state index in [2.05, 4.69) is 311 Å². The van der Waals surface area contributed by atoms with Gasteiger partial charge in [-0.15, -0.1) is 0 Å². The fraction of sp³-hybridized carbons (Fsp3) is 0.458. The van der Waals surface area contributed by atoms with Crippen LogP contribution < -0.4 is 19.6 Å². The minimum Gasteiger partial charge on any atom is -0.344 e. The molecule has 0 radical (unpaired) electrons. The highest BCUT2D eigenvalue weighted by molar-refractivity contribution is 5.89. The van der Waals surface area contributed by atoms with Crippen LogP contribution in [0.5, 0.6) is 0 Å². The maximum Gasteiger partial charge on any atom is 0.0485 e. The van der Waals surface area contributed by atoms with Crippen molar-refractivity contribution in [3.05, 3.63) is 312 Å². The molecule has 8 aliphatic rings. The molecule has 0 saturated heterocycles. The highest BCUT2D eigenvalue weighted by atomic mass is 15.1. The van der Waals surface area contributed by atoms with E-state index in [9.17, 15) is 0 Å². The standard InChI is InChI=1S/2C32H39N.C32H41N.C22H29N/c1-15-16(2)20(6)26-13-30-27(12-25(26)19(15)5)22(8)23(9)29-14-28-21(7)17(3)18(4)24(10)31(28)33(11)32(29)30;1-15-16(2)20(6)26-13-29-27(12-25(26)19(15)5)22(8)24(10)32-30(29)14-28-21(7)17(3)18(4)23(9)31(28)33(32)11;1-15-16(2)20(6)26-13-28-24(10)32-30(23(9)27(28)12-25(26)19(15)5)14-29-21(7)17(3)18(4)22(8)31(29)33(32)11;1-11-13(3)17(7)21-19(15(11)5)10-20-16(6)12(2)14(4)18(8)22(20)23(21)9/h2*12-14H2,1-11H3;25-26H,12-14H2,1-11H3;10H2,1-9H3. The van der Waals surface area contributed by atoms with Crippen molar-refractivity contribution < 1.29 is 0 Å². The lowest BCUT2D eigenvalue weighted by molar-refractivity contribution is 0.387. The van der Waals surface area contributed by atoms with Gasteiger partial charge in [0.2, 0.25) is 0 Å². The molecule has 4 aliphatic carbocycles. The molecular weight excluding hydrogens is 1470 g/mol. The zero-order valence-electron chi connectivity index (χ0n) is 84.0. The predicted octanol–water partition coefficient (Wildman–Crippen LogP) is 29.9. The monoisotopic (exact) mass is 1620 g/mol. The summed E-state index contributed by atoms with van der Waals surface area (Å²) in [5, 5.41) is 0. The summed E-state index contributed by atoms with van der Waals surface area (Å²) in [6.07, 6.45) is 10.9. The minimum atomic E-state index is 0.660. The van der Waals surface area contributed by atoms with Gasteiger partial charge in [-0.05, 0) is 607 Å². The Morgan fingerprint density at radius 1 is 0.131 bits per heavy atom. The van der Waals surface area contributed by atoms with Crippen LogP contribution in [0, 0.1) is 247 Å². The average Bonchev–Trinajstić information content (AvgIpc) is 0.721. The molecule has 0 amide bonds. The van der Waals surface area contributed by atoms with E-state index < -0.39 is 0 Å². The quantitative estimate of drug-likeness (QED) is 0.150. The molecule has 0 aromatic heterocycles. The van der Waals surface area contributed by atoms with Crippen molar-refractivity contribution in [1.29, 1.82) is 0 Å². The minimum absolute atomic E-state index is 0.660. The van der Waals surface area contributed by atoms with E-state index in [4.69, 9.17) is 0 Å². The van der Waals surface area contributed by atoms with Crippen LogP contribution in [0.25, 0.3) is 0 Å². The van der Waals surface area contributed by atoms with Gasteiger partial charge in [0.25, 0.3) is 0 Å². The number of fused-ring (bicyclic) bond motifs is 16. The first-order chi connectivity index (χ1) is 57.1. The second kappa shape index (κ2) is 30.9. The summed E-state index contributed by atoms with van der Waals surface area (Å²) in [6.45, 7) is 88.3. The van der Waals surface area contributed by atoms with Crippen LogP contribution in [-0.2, 0) is 64.2 Å². The maximum atomic E-state index is 2.56. The van der Waals surface area contributed by atoms with Crippen LogP contribution in [0.2, 0.25) is 0 Å². The lowest BCUT2D eigenvalue weighted by Crippen LogP contribution is -2.33. The molecule has 4 heterocycles. The topological polar surface area (TPSA) is 13.0 Å². The van der Waals surface area contributed by atoms with Crippen molar-refractivity contribution in [1.82, 2.24) is 0 Å². The molecule has 2 atom stereocenters. The Hall–Kier alpha value is -9.12. The summed E-state index contributed by atoms with van der Waals surface area (Å²) in [7, 11) is 9.19. The summed E-state index contributed by atoms with van der Waals surface area (Å²) < 4.78 is 0. The first-order valence-corrected chi connectivity index (χ1v) is 46.4. The van der Waals surface area contributed by atoms with Crippen LogP contribution in [0.1, 0.15) is 317 Å². The smallest absolute Gasteiger partial charge is 0.0485 e. The van der Waals surface area contributed by atoms with Crippen molar-refractivity contribution in [3.63, 3.8) is 0 Å². The van der Waals surface area contributed by atoms with Gasteiger partial charge in [0.15, 0.2) is 0 Å². The highest BCUT2D eigenvalue weighted by Crippen LogP contribution is 2.57. The molecule has 0 spiro atoms. The van der Waals surface area contributed by atoms with Crippen LogP contribution in [-0.4, -0.2) is 28.2 Å². The van der Waals surface area contributed by atoms with Crippen molar-refractivity contribution in [2.75, 3.05) is 47.8 Å². The van der Waals surface area contributed by atoms with E-state index in [1.165, 1.54) is 275 Å². The fourth-order valence-corrected chi connectivity index (χ4v) is 25.7. The number of rotatable bonds is 0. The number of anilines is 8. The Morgan fingerprint density at radius 2 is 0.279 bits per heavy atom. The molecule has 10 aromatic rings. The van der Waals surface area contributed by atoms with Gasteiger partial charge < -0.3 is 19.6 Å². The molecule has 0 bridgehead atoms. The van der Waals surface area contributed by atoms with Gasteiger partial charge in [-0.1, -0.05) is 11.1 Å². The van der Waals surface area contributed by atoms with Gasteiger partial charge in [-0.25, -0.2) is 0 Å². The number of hydrogen-bond donors (Lipinski definition) is 0. The van der Waals surface area contributed by atoms with Crippen molar-refractivity contribution in [2.45, 2.75) is 327 Å². The normalized spacial score (nSPS) is 16.0. The fourth-order valence-electron chi connectivity index (χ4n) is 25.7. The van der Waals surface area contributed by atoms with Gasteiger partial charge in [-0.2, -0.15) is 0 Å². The van der Waals surface area contributed by atoms with Crippen molar-refractivity contribution in [3.8, 4) is 0 Å². The molecule has 4 aliphatic heterocycles. The van der Waals surface area contributed by atoms with Crippen molar-refractivity contribution in [2.24, 2.45) is 11.8 Å². The van der Waals surface area contributed by atoms with Crippen LogP contribution in [0.15, 0.2) is 22.3 Å². The van der Waals surface area contributed by atoms with Gasteiger partial charge in [-0.3, -0.25) is 0 Å². The second-order valence-electron chi connectivity index (χ2n) is 40.5. The lowest BCUT2D eigenvalue weighted by atomic mass is 9.63. The molecule has 2 unspecified atom stereocenters. The third-order valence-corrected chi connectivity index (χ3v) is 36.7. The van der Waals surface area contributed by atoms with Gasteiger partial charge in [0.1, 0.15) is 0 Å². The van der Waals surface area contributed by atoms with E-state index in [0.29, 0.717) is 11.8 Å². The summed E-state index contributed by atoms with van der Waals surface area (Å²) in [5.41, 5.74) is 96.5. The highest BCUT2D eigenvalue weighted by Gasteiger charge is 2.42. The first kappa shape index (κ1) is 87.8. The largest absolute Gasteiger partial charge is 0.344 e. The average molecular weight is 1620 g/mol. The number of nitrogens with zero attached hydrogens (tertiary/aromatic N) is 4. The molecular formula is C118H148N4. The van der Waals surface area contributed by atoms with E-state index in [0.717, 1.165) is 51.4 Å². The van der Waals surface area contributed by atoms with Gasteiger partial charge in [0, 0.05) is 106 Å². The molecule has 18 rings (SSSR count). The number of benzene rings is 10. The van der Waals surface area contributed by atoms with Gasteiger partial charge in [0.05, 0.1) is 0 Å². The van der Waals surface area contributed by atoms with E-state index in [-0.39, 0.29) is 0 Å². The summed E-state index contributed by atoms with van der Waals surface area (Å²) in [4.78, 5) is 10.1. The SMILES string of the molecule is CC1=C(C)C2Cc3c(C)c4c(c(C)c3CC2C(C)=C1C)N(C)c1c(C)c(C)c(C)c(C)c1C4.Cc1c(C)c(C)c2c(c1C)Cc1c(C)c(C)c(C)c(C)c1N2C.Cc1c(C)c(C)c2c(c1C)Cc1c(C)c(C)c3c(c1C2)Cc1c(C)c(C)c(C)c(C)c1N3C.Cc1c(C)c(C)c2c(c1C)Cc1c(C)c(C)c3c(c1C2)N(C)c1c(C)c(C)c(C)c(C)c1C3. The Balaban J connectivity index is 0.000000127. The zero-order chi connectivity index (χ0) is 89.5. The van der Waals surface area contributed by atoms with E-state index >= 15 is 0 Å². The Bertz CT molecular complexity index is 6370. The Labute approximate surface area is 739 Å². The predicted molar refractivity (Wildman–Crippen MR) is 531 cm³/mol. The molecule has 0 fully saturated rings. The van der Waals surface area contributed by atoms with Crippen molar-refractivity contribution >= 4 is 45.5 Å². The summed E-state index contributed by atoms with van der Waals surface area (Å²) >= 11 is 0. The van der Waals surface area contributed by atoms with Crippen LogP contribution >= 0.6 is 0 Å². The number of hydrogen-bond acceptors (Lipinski definition) is 4. The first-order valence-electron chi connectivity index (χ1n) is 46.4. The summed E-state index contributed by atoms with van der Waals surface area (Å²) in [5.74, 6) is 1.33. The van der Waals surface area contributed by atoms with Crippen LogP contribution in [0.4, 0.5) is 45.5 Å². The molecule has 10 aromatic carbocycles. The molecule has 0 N–H and O–H groups in total.